The lowest BCUT2D eigenvalue weighted by Gasteiger charge is -2.39. The number of hydrogen-bond acceptors (Lipinski definition) is 10. The second kappa shape index (κ2) is 13.9. The van der Waals surface area contributed by atoms with Gasteiger partial charge in [0.25, 0.3) is 0 Å². The summed E-state index contributed by atoms with van der Waals surface area (Å²) in [7, 11) is -3.64. The molecule has 47 heavy (non-hydrogen) atoms. The molecule has 15 heteroatoms. The molecule has 0 radical (unpaired) electrons. The lowest BCUT2D eigenvalue weighted by atomic mass is 9.76. The van der Waals surface area contributed by atoms with Crippen molar-refractivity contribution in [1.29, 1.82) is 0 Å². The SMILES string of the molecule is CCCS(=O)(=O)c1cccc(-c2cc(Cl)ccc2[C@@H](Oc2cc(N3CCC4(CC3)CN[C@H](C(=O)OCC)C4)nc(N)n2)C(F)(F)F)c1. The number of benzene rings is 2. The first-order valence-corrected chi connectivity index (χ1v) is 17.4. The van der Waals surface area contributed by atoms with Crippen LogP contribution < -0.4 is 20.7 Å². The quantitative estimate of drug-likeness (QED) is 0.252. The van der Waals surface area contributed by atoms with E-state index in [0.29, 0.717) is 44.9 Å². The molecule has 0 aliphatic carbocycles. The standard InChI is InChI=1S/C32H37ClF3N5O5S/c1-3-14-47(43,44)22-7-5-6-20(15-22)24-16-21(33)8-9-23(24)28(32(34,35)36)46-27-17-26(39-30(37)40-27)41-12-10-31(11-13-41)18-25(38-19-31)29(42)45-4-2/h5-9,15-17,25,28,38H,3-4,10-14,18-19H2,1-2H3,(H2,37,39,40)/t25-,28+/m0/s1. The minimum absolute atomic E-state index is 0.00595. The van der Waals surface area contributed by atoms with Crippen molar-refractivity contribution in [2.45, 2.75) is 62.7 Å². The Hall–Kier alpha value is -3.62. The van der Waals surface area contributed by atoms with E-state index in [1.54, 1.807) is 13.8 Å². The van der Waals surface area contributed by atoms with Crippen LogP contribution in [-0.4, -0.2) is 68.6 Å². The highest BCUT2D eigenvalue weighted by Gasteiger charge is 2.46. The molecule has 0 bridgehead atoms. The molecule has 254 valence electrons. The molecule has 0 saturated carbocycles. The van der Waals surface area contributed by atoms with Crippen molar-refractivity contribution in [2.24, 2.45) is 5.41 Å². The fourth-order valence-corrected chi connectivity index (χ4v) is 7.79. The molecule has 1 spiro atoms. The van der Waals surface area contributed by atoms with Gasteiger partial charge >= 0.3 is 12.1 Å². The Morgan fingerprint density at radius 1 is 1.15 bits per heavy atom. The van der Waals surface area contributed by atoms with Gasteiger partial charge in [0, 0.05) is 36.3 Å². The molecule has 3 heterocycles. The number of aromatic nitrogens is 2. The van der Waals surface area contributed by atoms with Gasteiger partial charge in [-0.1, -0.05) is 36.7 Å². The lowest BCUT2D eigenvalue weighted by Crippen LogP contribution is -2.41. The van der Waals surface area contributed by atoms with Gasteiger partial charge in [0.1, 0.15) is 11.9 Å². The number of nitrogens with zero attached hydrogens (tertiary/aromatic N) is 3. The van der Waals surface area contributed by atoms with Crippen molar-refractivity contribution in [2.75, 3.05) is 42.6 Å². The second-order valence-electron chi connectivity index (χ2n) is 11.9. The number of nitrogen functional groups attached to an aromatic ring is 1. The minimum atomic E-state index is -4.91. The van der Waals surface area contributed by atoms with Crippen molar-refractivity contribution in [3.8, 4) is 17.0 Å². The highest BCUT2D eigenvalue weighted by Crippen LogP contribution is 2.44. The van der Waals surface area contributed by atoms with E-state index in [1.165, 1.54) is 48.5 Å². The normalized spacial score (nSPS) is 18.7. The number of anilines is 2. The minimum Gasteiger partial charge on any atom is -0.465 e. The predicted octanol–water partition coefficient (Wildman–Crippen LogP) is 5.76. The first kappa shape index (κ1) is 34.7. The summed E-state index contributed by atoms with van der Waals surface area (Å²) >= 11 is 6.23. The topological polar surface area (TPSA) is 137 Å². The van der Waals surface area contributed by atoms with Crippen molar-refractivity contribution in [3.63, 3.8) is 0 Å². The first-order chi connectivity index (χ1) is 22.2. The number of alkyl halides is 3. The number of ether oxygens (including phenoxy) is 2. The van der Waals surface area contributed by atoms with Gasteiger partial charge in [-0.25, -0.2) is 8.42 Å². The number of rotatable bonds is 10. The average molecular weight is 696 g/mol. The van der Waals surface area contributed by atoms with Crippen LogP contribution in [0, 0.1) is 5.41 Å². The van der Waals surface area contributed by atoms with E-state index >= 15 is 0 Å². The van der Waals surface area contributed by atoms with Gasteiger partial charge in [0.2, 0.25) is 17.9 Å². The van der Waals surface area contributed by atoms with Gasteiger partial charge in [0.05, 0.1) is 17.3 Å². The second-order valence-corrected chi connectivity index (χ2v) is 14.5. The van der Waals surface area contributed by atoms with E-state index < -0.39 is 22.1 Å². The Bertz CT molecular complexity index is 1720. The van der Waals surface area contributed by atoms with Crippen LogP contribution in [0.15, 0.2) is 53.4 Å². The maximum atomic E-state index is 14.7. The first-order valence-electron chi connectivity index (χ1n) is 15.4. The molecule has 5 rings (SSSR count). The molecule has 2 aliphatic heterocycles. The van der Waals surface area contributed by atoms with Crippen LogP contribution in [-0.2, 0) is 19.4 Å². The van der Waals surface area contributed by atoms with E-state index in [4.69, 9.17) is 26.8 Å². The summed E-state index contributed by atoms with van der Waals surface area (Å²) in [5, 5.41) is 3.42. The highest BCUT2D eigenvalue weighted by molar-refractivity contribution is 7.91. The van der Waals surface area contributed by atoms with Crippen LogP contribution in [0.25, 0.3) is 11.1 Å². The van der Waals surface area contributed by atoms with E-state index in [1.807, 2.05) is 4.90 Å². The summed E-state index contributed by atoms with van der Waals surface area (Å²) in [6.07, 6.45) is -4.93. The Labute approximate surface area is 276 Å². The van der Waals surface area contributed by atoms with Crippen molar-refractivity contribution >= 4 is 39.2 Å². The number of sulfone groups is 1. The van der Waals surface area contributed by atoms with Crippen LogP contribution in [0.3, 0.4) is 0 Å². The molecule has 3 N–H and O–H groups in total. The summed E-state index contributed by atoms with van der Waals surface area (Å²) < 4.78 is 80.5. The van der Waals surface area contributed by atoms with E-state index in [0.717, 1.165) is 12.8 Å². The summed E-state index contributed by atoms with van der Waals surface area (Å²) in [5.41, 5.74) is 5.86. The number of carbonyl (C=O) groups is 1. The molecule has 10 nitrogen and oxygen atoms in total. The summed E-state index contributed by atoms with van der Waals surface area (Å²) in [4.78, 5) is 22.4. The van der Waals surface area contributed by atoms with Gasteiger partial charge in [-0.3, -0.25) is 4.79 Å². The zero-order valence-electron chi connectivity index (χ0n) is 26.0. The molecule has 1 aromatic heterocycles. The van der Waals surface area contributed by atoms with E-state index in [2.05, 4.69) is 15.3 Å². The third kappa shape index (κ3) is 7.92. The van der Waals surface area contributed by atoms with Crippen LogP contribution >= 0.6 is 11.6 Å². The Morgan fingerprint density at radius 3 is 2.57 bits per heavy atom. The number of nitrogens with one attached hydrogen (secondary N) is 1. The van der Waals surface area contributed by atoms with E-state index in [9.17, 15) is 26.4 Å². The van der Waals surface area contributed by atoms with Gasteiger partial charge in [-0.15, -0.1) is 0 Å². The Morgan fingerprint density at radius 2 is 1.89 bits per heavy atom. The third-order valence-corrected chi connectivity index (χ3v) is 10.7. The predicted molar refractivity (Wildman–Crippen MR) is 172 cm³/mol. The van der Waals surface area contributed by atoms with Crippen LogP contribution in [0.1, 0.15) is 51.2 Å². The van der Waals surface area contributed by atoms with Crippen molar-refractivity contribution in [3.05, 3.63) is 59.1 Å². The number of halogens is 4. The fraction of sp³-hybridized carbons (Fsp3) is 0.469. The van der Waals surface area contributed by atoms with Gasteiger partial charge in [0.15, 0.2) is 9.84 Å². The molecular formula is C32H37ClF3N5O5S. The molecule has 0 amide bonds. The molecule has 2 fully saturated rings. The molecule has 3 aromatic rings. The monoisotopic (exact) mass is 695 g/mol. The molecule has 2 atom stereocenters. The number of hydrogen-bond donors (Lipinski definition) is 2. The molecule has 0 unspecified atom stereocenters. The Balaban J connectivity index is 1.41. The maximum Gasteiger partial charge on any atom is 0.429 e. The molecule has 2 aliphatic rings. The summed E-state index contributed by atoms with van der Waals surface area (Å²) in [6, 6.07) is 10.6. The third-order valence-electron chi connectivity index (χ3n) is 8.60. The van der Waals surface area contributed by atoms with Crippen molar-refractivity contribution in [1.82, 2.24) is 15.3 Å². The highest BCUT2D eigenvalue weighted by atomic mass is 35.5. The lowest BCUT2D eigenvalue weighted by molar-refractivity contribution is -0.198. The average Bonchev–Trinajstić information content (AvgIpc) is 3.43. The van der Waals surface area contributed by atoms with Crippen molar-refractivity contribution < 1.29 is 35.9 Å². The van der Waals surface area contributed by atoms with Crippen LogP contribution in [0.2, 0.25) is 5.02 Å². The number of carbonyl (C=O) groups excluding carboxylic acids is 1. The number of piperidine rings is 1. The zero-order valence-corrected chi connectivity index (χ0v) is 27.6. The van der Waals surface area contributed by atoms with Crippen LogP contribution in [0.4, 0.5) is 24.9 Å². The Kier molecular flexibility index (Phi) is 10.2. The molecule has 2 saturated heterocycles. The van der Waals surface area contributed by atoms with Crippen LogP contribution in [0.5, 0.6) is 5.88 Å². The summed E-state index contributed by atoms with van der Waals surface area (Å²) in [5.74, 6) is -0.682. The molecule has 2 aromatic carbocycles. The van der Waals surface area contributed by atoms with Gasteiger partial charge in [-0.2, -0.15) is 23.1 Å². The van der Waals surface area contributed by atoms with E-state index in [-0.39, 0.29) is 61.6 Å². The smallest absolute Gasteiger partial charge is 0.429 e. The van der Waals surface area contributed by atoms with Gasteiger partial charge in [-0.05, 0) is 73.4 Å². The van der Waals surface area contributed by atoms with Gasteiger partial charge < -0.3 is 25.4 Å². The zero-order chi connectivity index (χ0) is 34.0. The summed E-state index contributed by atoms with van der Waals surface area (Å²) in [6.45, 7) is 5.53. The largest absolute Gasteiger partial charge is 0.465 e. The fourth-order valence-electron chi connectivity index (χ4n) is 6.25. The number of esters is 1. The molecular weight excluding hydrogens is 659 g/mol. The maximum absolute atomic E-state index is 14.7. The number of nitrogens with two attached hydrogens (primary N) is 1.